The molecule has 2 nitrogen and oxygen atoms in total. The molecule has 0 unspecified atom stereocenters. The van der Waals surface area contributed by atoms with E-state index in [1.54, 1.807) is 6.08 Å². The monoisotopic (exact) mass is 266 g/mol. The third-order valence-corrected chi connectivity index (χ3v) is 3.03. The molecule has 0 N–H and O–H groups in total. The Kier molecular flexibility index (Phi) is 14.2. The van der Waals surface area contributed by atoms with E-state index in [0.717, 1.165) is 6.42 Å². The molecule has 0 aromatic carbocycles. The van der Waals surface area contributed by atoms with Crippen LogP contribution in [-0.4, -0.2) is 5.97 Å². The maximum atomic E-state index is 10.5. The lowest BCUT2D eigenvalue weighted by molar-refractivity contribution is -0.135. The van der Waals surface area contributed by atoms with Gasteiger partial charge < -0.3 is 4.74 Å². The lowest BCUT2D eigenvalue weighted by Gasteiger charge is -2.00. The fraction of sp³-hybridized carbons (Fsp3) is 0.706. The summed E-state index contributed by atoms with van der Waals surface area (Å²) >= 11 is 0. The number of carbonyl (C=O) groups is 1. The standard InChI is InChI=1S/C17H30O2/c1-3-4-5-6-7-8-9-10-11-12-13-14-15-16-19-17(2)18/h13-16H,3-12H2,1-2H3/b14-13+,16-15+. The van der Waals surface area contributed by atoms with E-state index >= 15 is 0 Å². The summed E-state index contributed by atoms with van der Waals surface area (Å²) in [4.78, 5) is 10.5. The van der Waals surface area contributed by atoms with Gasteiger partial charge in [-0.2, -0.15) is 0 Å². The maximum absolute atomic E-state index is 10.5. The lowest BCUT2D eigenvalue weighted by atomic mass is 10.1. The van der Waals surface area contributed by atoms with Gasteiger partial charge in [-0.15, -0.1) is 0 Å². The van der Waals surface area contributed by atoms with Crippen LogP contribution in [0.3, 0.4) is 0 Å². The first-order chi connectivity index (χ1) is 9.27. The van der Waals surface area contributed by atoms with Gasteiger partial charge in [0.15, 0.2) is 0 Å². The minimum Gasteiger partial charge on any atom is -0.435 e. The molecule has 0 atom stereocenters. The van der Waals surface area contributed by atoms with Crippen LogP contribution >= 0.6 is 0 Å². The number of ether oxygens (including phenoxy) is 1. The Bertz CT molecular complexity index is 254. The summed E-state index contributed by atoms with van der Waals surface area (Å²) in [5.41, 5.74) is 0. The Hall–Kier alpha value is -1.05. The van der Waals surface area contributed by atoms with E-state index in [1.165, 1.54) is 71.0 Å². The average Bonchev–Trinajstić information content (AvgIpc) is 2.39. The molecule has 0 aromatic rings. The highest BCUT2D eigenvalue weighted by Crippen LogP contribution is 2.10. The average molecular weight is 266 g/mol. The second-order valence-corrected chi connectivity index (χ2v) is 4.98. The number of unbranched alkanes of at least 4 members (excludes halogenated alkanes) is 9. The predicted molar refractivity (Wildman–Crippen MR) is 81.9 cm³/mol. The van der Waals surface area contributed by atoms with Crippen LogP contribution < -0.4 is 0 Å². The number of hydrogen-bond acceptors (Lipinski definition) is 2. The van der Waals surface area contributed by atoms with Crippen LogP contribution in [0.1, 0.15) is 78.1 Å². The molecule has 0 bridgehead atoms. The molecule has 19 heavy (non-hydrogen) atoms. The first kappa shape index (κ1) is 17.9. The minimum absolute atomic E-state index is 0.274. The zero-order chi connectivity index (χ0) is 14.2. The van der Waals surface area contributed by atoms with Crippen molar-refractivity contribution >= 4 is 5.97 Å². The Morgan fingerprint density at radius 3 is 2.05 bits per heavy atom. The highest BCUT2D eigenvalue weighted by atomic mass is 16.5. The number of rotatable bonds is 12. The van der Waals surface area contributed by atoms with Gasteiger partial charge in [-0.25, -0.2) is 0 Å². The molecule has 0 heterocycles. The molecule has 0 saturated heterocycles. The molecule has 0 amide bonds. The predicted octanol–water partition coefficient (Wildman–Crippen LogP) is 5.54. The SMILES string of the molecule is CCCCCCCCCCC/C=C/C=C/OC(C)=O. The molecule has 0 aliphatic rings. The van der Waals surface area contributed by atoms with Crippen molar-refractivity contribution in [2.75, 3.05) is 0 Å². The topological polar surface area (TPSA) is 26.3 Å². The third kappa shape index (κ3) is 16.9. The summed E-state index contributed by atoms with van der Waals surface area (Å²) in [6.07, 6.45) is 20.6. The van der Waals surface area contributed by atoms with Crippen molar-refractivity contribution in [3.05, 3.63) is 24.5 Å². The van der Waals surface area contributed by atoms with E-state index in [-0.39, 0.29) is 5.97 Å². The quantitative estimate of drug-likeness (QED) is 0.201. The molecule has 0 spiro atoms. The summed E-state index contributed by atoms with van der Waals surface area (Å²) in [5, 5.41) is 0. The fourth-order valence-electron chi connectivity index (χ4n) is 1.93. The largest absolute Gasteiger partial charge is 0.435 e. The van der Waals surface area contributed by atoms with Gasteiger partial charge in [0, 0.05) is 6.92 Å². The van der Waals surface area contributed by atoms with Crippen molar-refractivity contribution in [2.45, 2.75) is 78.1 Å². The van der Waals surface area contributed by atoms with E-state index in [0.29, 0.717) is 0 Å². The maximum Gasteiger partial charge on any atom is 0.307 e. The van der Waals surface area contributed by atoms with Crippen molar-refractivity contribution in [1.82, 2.24) is 0 Å². The summed E-state index contributed by atoms with van der Waals surface area (Å²) in [6, 6.07) is 0. The van der Waals surface area contributed by atoms with Gasteiger partial charge in [0.25, 0.3) is 0 Å². The Balaban J connectivity index is 3.16. The van der Waals surface area contributed by atoms with Gasteiger partial charge >= 0.3 is 5.97 Å². The minimum atomic E-state index is -0.274. The Morgan fingerprint density at radius 2 is 1.47 bits per heavy atom. The second-order valence-electron chi connectivity index (χ2n) is 4.98. The summed E-state index contributed by atoms with van der Waals surface area (Å²) in [5.74, 6) is -0.274. The van der Waals surface area contributed by atoms with Gasteiger partial charge in [0.05, 0.1) is 6.26 Å². The van der Waals surface area contributed by atoms with Crippen molar-refractivity contribution in [3.63, 3.8) is 0 Å². The summed E-state index contributed by atoms with van der Waals surface area (Å²) < 4.78 is 4.67. The van der Waals surface area contributed by atoms with Crippen LogP contribution in [0.25, 0.3) is 0 Å². The van der Waals surface area contributed by atoms with Crippen molar-refractivity contribution < 1.29 is 9.53 Å². The van der Waals surface area contributed by atoms with E-state index in [1.807, 2.05) is 6.08 Å². The van der Waals surface area contributed by atoms with Crippen LogP contribution in [-0.2, 0) is 9.53 Å². The Labute approximate surface area is 118 Å². The second kappa shape index (κ2) is 15.0. The molecule has 0 aliphatic carbocycles. The van der Waals surface area contributed by atoms with Gasteiger partial charge in [0.1, 0.15) is 0 Å². The van der Waals surface area contributed by atoms with Gasteiger partial charge in [-0.05, 0) is 18.9 Å². The summed E-state index contributed by atoms with van der Waals surface area (Å²) in [6.45, 7) is 3.66. The number of allylic oxidation sites excluding steroid dienone is 3. The Morgan fingerprint density at radius 1 is 0.895 bits per heavy atom. The number of esters is 1. The van der Waals surface area contributed by atoms with Crippen molar-refractivity contribution in [2.24, 2.45) is 0 Å². The van der Waals surface area contributed by atoms with Crippen LogP contribution in [0.5, 0.6) is 0 Å². The van der Waals surface area contributed by atoms with Crippen LogP contribution in [0.4, 0.5) is 0 Å². The first-order valence-corrected chi connectivity index (χ1v) is 7.76. The lowest BCUT2D eigenvalue weighted by Crippen LogP contribution is -1.88. The van der Waals surface area contributed by atoms with Crippen molar-refractivity contribution in [1.29, 1.82) is 0 Å². The third-order valence-electron chi connectivity index (χ3n) is 3.03. The highest BCUT2D eigenvalue weighted by molar-refractivity contribution is 5.66. The zero-order valence-electron chi connectivity index (χ0n) is 12.7. The summed E-state index contributed by atoms with van der Waals surface area (Å²) in [7, 11) is 0. The van der Waals surface area contributed by atoms with Gasteiger partial charge in [0.2, 0.25) is 0 Å². The van der Waals surface area contributed by atoms with Gasteiger partial charge in [-0.3, -0.25) is 4.79 Å². The van der Waals surface area contributed by atoms with E-state index in [2.05, 4.69) is 17.7 Å². The molecule has 0 rings (SSSR count). The molecule has 110 valence electrons. The molecular formula is C17H30O2. The number of hydrogen-bond donors (Lipinski definition) is 0. The molecule has 0 fully saturated rings. The van der Waals surface area contributed by atoms with Crippen LogP contribution in [0, 0.1) is 0 Å². The van der Waals surface area contributed by atoms with Crippen LogP contribution in [0.2, 0.25) is 0 Å². The van der Waals surface area contributed by atoms with Crippen molar-refractivity contribution in [3.8, 4) is 0 Å². The smallest absolute Gasteiger partial charge is 0.307 e. The molecule has 2 heteroatoms. The molecule has 0 saturated carbocycles. The van der Waals surface area contributed by atoms with E-state index in [4.69, 9.17) is 0 Å². The van der Waals surface area contributed by atoms with E-state index < -0.39 is 0 Å². The molecular weight excluding hydrogens is 236 g/mol. The van der Waals surface area contributed by atoms with Crippen LogP contribution in [0.15, 0.2) is 24.5 Å². The van der Waals surface area contributed by atoms with E-state index in [9.17, 15) is 4.79 Å². The first-order valence-electron chi connectivity index (χ1n) is 7.76. The highest BCUT2D eigenvalue weighted by Gasteiger charge is 1.90. The normalized spacial score (nSPS) is 11.5. The zero-order valence-corrected chi connectivity index (χ0v) is 12.7. The fourth-order valence-corrected chi connectivity index (χ4v) is 1.93. The molecule has 0 aliphatic heterocycles. The van der Waals surface area contributed by atoms with Gasteiger partial charge in [-0.1, -0.05) is 70.4 Å². The molecule has 0 aromatic heterocycles. The molecule has 0 radical (unpaired) electrons. The number of carbonyl (C=O) groups excluding carboxylic acids is 1.